The van der Waals surface area contributed by atoms with Crippen molar-refractivity contribution in [2.75, 3.05) is 0 Å². The van der Waals surface area contributed by atoms with Gasteiger partial charge in [-0.1, -0.05) is 32.1 Å². The van der Waals surface area contributed by atoms with Crippen LogP contribution in [-0.4, -0.2) is 36.5 Å². The van der Waals surface area contributed by atoms with Gasteiger partial charge in [0.15, 0.2) is 12.2 Å². The highest BCUT2D eigenvalue weighted by Gasteiger charge is 2.42. The quantitative estimate of drug-likeness (QED) is 0.244. The molecule has 0 aromatic rings. The van der Waals surface area contributed by atoms with Gasteiger partial charge in [0.1, 0.15) is 0 Å². The van der Waals surface area contributed by atoms with Gasteiger partial charge < -0.3 is 9.47 Å². The number of ether oxygens (including phenoxy) is 2. The van der Waals surface area contributed by atoms with E-state index in [0.717, 1.165) is 13.8 Å². The number of unbranched alkanes of at least 4 members (excludes halogenated alkanes) is 6. The molecule has 0 bridgehead atoms. The summed E-state index contributed by atoms with van der Waals surface area (Å²) in [6, 6.07) is 0. The second kappa shape index (κ2) is 12.1. The van der Waals surface area contributed by atoms with Crippen LogP contribution in [0.15, 0.2) is 0 Å². The Morgan fingerprint density at radius 3 is 1.11 bits per heavy atom. The molecule has 0 aromatic carbocycles. The van der Waals surface area contributed by atoms with Gasteiger partial charge >= 0.3 is 24.3 Å². The summed E-state index contributed by atoms with van der Waals surface area (Å²) in [6.07, 6.45) is -10.6. The number of rotatable bonds is 12. The summed E-state index contributed by atoms with van der Waals surface area (Å²) < 4.78 is 84.3. The first kappa shape index (κ1) is 25.5. The van der Waals surface area contributed by atoms with Crippen LogP contribution in [0, 0.1) is 0 Å². The Hall–Kier alpha value is -1.48. The Kier molecular flexibility index (Phi) is 11.4. The molecule has 0 spiro atoms. The van der Waals surface area contributed by atoms with E-state index in [1.165, 1.54) is 0 Å². The normalized spacial score (nSPS) is 14.5. The topological polar surface area (TPSA) is 52.6 Å². The molecule has 0 saturated carbocycles. The zero-order valence-corrected chi connectivity index (χ0v) is 15.4. The number of alkyl halides is 6. The van der Waals surface area contributed by atoms with Crippen molar-refractivity contribution >= 4 is 11.9 Å². The Morgan fingerprint density at radius 2 is 0.889 bits per heavy atom. The molecule has 0 aliphatic rings. The van der Waals surface area contributed by atoms with Gasteiger partial charge in [-0.25, -0.2) is 0 Å². The van der Waals surface area contributed by atoms with Crippen LogP contribution >= 0.6 is 0 Å². The lowest BCUT2D eigenvalue weighted by atomic mass is 10.0. The van der Waals surface area contributed by atoms with Gasteiger partial charge in [0, 0.05) is 13.8 Å². The van der Waals surface area contributed by atoms with Crippen molar-refractivity contribution in [1.29, 1.82) is 0 Å². The molecular weight excluding hydrogens is 382 g/mol. The highest BCUT2D eigenvalue weighted by atomic mass is 19.4. The third-order valence-corrected chi connectivity index (χ3v) is 3.78. The number of carbonyl (C=O) groups excluding carboxylic acids is 2. The smallest absolute Gasteiger partial charge is 0.425 e. The van der Waals surface area contributed by atoms with Gasteiger partial charge in [-0.3, -0.25) is 9.59 Å². The molecule has 2 unspecified atom stereocenters. The third kappa shape index (κ3) is 13.4. The van der Waals surface area contributed by atoms with E-state index in [2.05, 4.69) is 9.47 Å². The van der Waals surface area contributed by atoms with E-state index < -0.39 is 36.5 Å². The second-order valence-corrected chi connectivity index (χ2v) is 6.33. The molecular formula is C17H26F6O4. The van der Waals surface area contributed by atoms with E-state index in [1.54, 1.807) is 0 Å². The summed E-state index contributed by atoms with van der Waals surface area (Å²) >= 11 is 0. The molecule has 0 N–H and O–H groups in total. The number of halogens is 6. The van der Waals surface area contributed by atoms with E-state index in [9.17, 15) is 35.9 Å². The van der Waals surface area contributed by atoms with Crippen LogP contribution in [0.4, 0.5) is 26.3 Å². The average Bonchev–Trinajstić information content (AvgIpc) is 2.48. The lowest BCUT2D eigenvalue weighted by molar-refractivity contribution is -0.221. The van der Waals surface area contributed by atoms with Crippen molar-refractivity contribution in [2.45, 2.75) is 96.2 Å². The molecule has 0 aliphatic carbocycles. The molecule has 0 aromatic heterocycles. The van der Waals surface area contributed by atoms with Crippen LogP contribution in [0.25, 0.3) is 0 Å². The van der Waals surface area contributed by atoms with Crippen molar-refractivity contribution in [3.63, 3.8) is 0 Å². The molecule has 0 fully saturated rings. The predicted molar refractivity (Wildman–Crippen MR) is 84.8 cm³/mol. The number of esters is 2. The summed E-state index contributed by atoms with van der Waals surface area (Å²) in [5.74, 6) is -1.97. The standard InChI is InChI=1S/C17H26F6O4/c1-12(24)26-14(16(18,19)20)10-8-6-4-3-5-7-9-11-15(17(21,22)23)27-13(2)25/h14-15H,3-11H2,1-2H3. The Balaban J connectivity index is 3.88. The highest BCUT2D eigenvalue weighted by Crippen LogP contribution is 2.28. The van der Waals surface area contributed by atoms with E-state index >= 15 is 0 Å². The third-order valence-electron chi connectivity index (χ3n) is 3.78. The second-order valence-electron chi connectivity index (χ2n) is 6.33. The van der Waals surface area contributed by atoms with Crippen molar-refractivity contribution in [1.82, 2.24) is 0 Å². The van der Waals surface area contributed by atoms with Crippen molar-refractivity contribution in [2.24, 2.45) is 0 Å². The van der Waals surface area contributed by atoms with E-state index in [0.29, 0.717) is 32.1 Å². The van der Waals surface area contributed by atoms with Crippen LogP contribution in [0.5, 0.6) is 0 Å². The lowest BCUT2D eigenvalue weighted by Crippen LogP contribution is -2.33. The Morgan fingerprint density at radius 1 is 0.630 bits per heavy atom. The molecule has 27 heavy (non-hydrogen) atoms. The maximum atomic E-state index is 12.6. The Labute approximate surface area is 154 Å². The Bertz CT molecular complexity index is 408. The van der Waals surface area contributed by atoms with Crippen molar-refractivity contribution in [3.8, 4) is 0 Å². The summed E-state index contributed by atoms with van der Waals surface area (Å²) in [7, 11) is 0. The van der Waals surface area contributed by atoms with Crippen LogP contribution in [-0.2, 0) is 19.1 Å². The van der Waals surface area contributed by atoms with Gasteiger partial charge in [0.2, 0.25) is 0 Å². The summed E-state index contributed by atoms with van der Waals surface area (Å²) in [5.41, 5.74) is 0. The largest absolute Gasteiger partial charge is 0.453 e. The van der Waals surface area contributed by atoms with Gasteiger partial charge in [-0.15, -0.1) is 0 Å². The van der Waals surface area contributed by atoms with E-state index in [1.807, 2.05) is 0 Å². The monoisotopic (exact) mass is 408 g/mol. The fraction of sp³-hybridized carbons (Fsp3) is 0.882. The van der Waals surface area contributed by atoms with Crippen LogP contribution in [0.3, 0.4) is 0 Å². The average molecular weight is 408 g/mol. The minimum Gasteiger partial charge on any atom is -0.453 e. The molecule has 0 radical (unpaired) electrons. The minimum absolute atomic E-state index is 0.236. The summed E-state index contributed by atoms with van der Waals surface area (Å²) in [5, 5.41) is 0. The number of hydrogen-bond acceptors (Lipinski definition) is 4. The predicted octanol–water partition coefficient (Wildman–Crippen LogP) is 5.49. The molecule has 2 atom stereocenters. The molecule has 4 nitrogen and oxygen atoms in total. The fourth-order valence-corrected chi connectivity index (χ4v) is 2.52. The molecule has 160 valence electrons. The first-order valence-corrected chi connectivity index (χ1v) is 8.82. The summed E-state index contributed by atoms with van der Waals surface area (Å²) in [6.45, 7) is 1.84. The zero-order valence-electron chi connectivity index (χ0n) is 15.4. The van der Waals surface area contributed by atoms with Gasteiger partial charge in [0.25, 0.3) is 0 Å². The first-order valence-electron chi connectivity index (χ1n) is 8.82. The number of carbonyl (C=O) groups is 2. The molecule has 0 amide bonds. The van der Waals surface area contributed by atoms with E-state index in [-0.39, 0.29) is 25.7 Å². The molecule has 0 saturated heterocycles. The molecule has 0 rings (SSSR count). The van der Waals surface area contributed by atoms with Gasteiger partial charge in [0.05, 0.1) is 0 Å². The van der Waals surface area contributed by atoms with Crippen molar-refractivity contribution in [3.05, 3.63) is 0 Å². The first-order chi connectivity index (χ1) is 12.3. The van der Waals surface area contributed by atoms with Gasteiger partial charge in [-0.2, -0.15) is 26.3 Å². The van der Waals surface area contributed by atoms with Crippen LogP contribution in [0.2, 0.25) is 0 Å². The maximum Gasteiger partial charge on any atom is 0.425 e. The summed E-state index contributed by atoms with van der Waals surface area (Å²) in [4.78, 5) is 21.4. The molecule has 0 heterocycles. The van der Waals surface area contributed by atoms with E-state index in [4.69, 9.17) is 0 Å². The maximum absolute atomic E-state index is 12.6. The van der Waals surface area contributed by atoms with Gasteiger partial charge in [-0.05, 0) is 25.7 Å². The molecule has 0 aliphatic heterocycles. The minimum atomic E-state index is -4.59. The number of hydrogen-bond donors (Lipinski definition) is 0. The van der Waals surface area contributed by atoms with Crippen molar-refractivity contribution < 1.29 is 45.4 Å². The molecule has 10 heteroatoms. The SMILES string of the molecule is CC(=O)OC(CCCCCCCCCC(OC(C)=O)C(F)(F)F)C(F)(F)F. The van der Waals surface area contributed by atoms with Crippen LogP contribution in [0.1, 0.15) is 71.6 Å². The highest BCUT2D eigenvalue weighted by molar-refractivity contribution is 5.66. The zero-order chi connectivity index (χ0) is 21.1. The van der Waals surface area contributed by atoms with Crippen LogP contribution < -0.4 is 0 Å². The fourth-order valence-electron chi connectivity index (χ4n) is 2.52. The lowest BCUT2D eigenvalue weighted by Gasteiger charge is -2.20.